The molecular weight excluding hydrogens is 269 g/mol. The van der Waals surface area contributed by atoms with Crippen LogP contribution in [0.3, 0.4) is 0 Å². The van der Waals surface area contributed by atoms with E-state index in [0.717, 1.165) is 26.0 Å². The number of likely N-dealkylation sites (N-methyl/N-ethyl adjacent to an activating group) is 1. The maximum absolute atomic E-state index is 14.4. The molecule has 1 saturated heterocycles. The zero-order valence-electron chi connectivity index (χ0n) is 13.2. The second-order valence-corrected chi connectivity index (χ2v) is 5.57. The highest BCUT2D eigenvalue weighted by Crippen LogP contribution is 2.30. The summed E-state index contributed by atoms with van der Waals surface area (Å²) >= 11 is 0. The molecule has 4 heteroatoms. The Morgan fingerprint density at radius 3 is 2.90 bits per heavy atom. The predicted octanol–water partition coefficient (Wildman–Crippen LogP) is 3.17. The highest BCUT2D eigenvalue weighted by Gasteiger charge is 2.33. The lowest BCUT2D eigenvalue weighted by molar-refractivity contribution is 0.0775. The Labute approximate surface area is 126 Å². The Morgan fingerprint density at radius 2 is 2.24 bits per heavy atom. The molecule has 21 heavy (non-hydrogen) atoms. The van der Waals surface area contributed by atoms with Gasteiger partial charge >= 0.3 is 0 Å². The van der Waals surface area contributed by atoms with Crippen LogP contribution < -0.4 is 10.1 Å². The van der Waals surface area contributed by atoms with Crippen LogP contribution in [0.5, 0.6) is 5.75 Å². The molecule has 3 nitrogen and oxygen atoms in total. The smallest absolute Gasteiger partial charge is 0.168 e. The van der Waals surface area contributed by atoms with E-state index < -0.39 is 0 Å². The number of rotatable bonds is 7. The molecule has 1 aliphatic rings. The zero-order valence-corrected chi connectivity index (χ0v) is 13.2. The van der Waals surface area contributed by atoms with E-state index in [9.17, 15) is 4.39 Å². The van der Waals surface area contributed by atoms with Crippen LogP contribution in [0.15, 0.2) is 18.2 Å². The summed E-state index contributed by atoms with van der Waals surface area (Å²) in [5.74, 6) is 0.521. The van der Waals surface area contributed by atoms with Gasteiger partial charge in [0.25, 0.3) is 0 Å². The molecule has 3 unspecified atom stereocenters. The molecule has 1 heterocycles. The summed E-state index contributed by atoms with van der Waals surface area (Å²) in [5.41, 5.74) is 0.710. The molecule has 0 bridgehead atoms. The molecule has 3 atom stereocenters. The van der Waals surface area contributed by atoms with Gasteiger partial charge in [-0.15, -0.1) is 0 Å². The summed E-state index contributed by atoms with van der Waals surface area (Å²) < 4.78 is 25.2. The van der Waals surface area contributed by atoms with E-state index in [0.29, 0.717) is 23.7 Å². The van der Waals surface area contributed by atoms with Crippen molar-refractivity contribution in [2.24, 2.45) is 5.92 Å². The molecule has 118 valence electrons. The van der Waals surface area contributed by atoms with Gasteiger partial charge in [0, 0.05) is 18.6 Å². The van der Waals surface area contributed by atoms with Gasteiger partial charge in [-0.25, -0.2) is 4.39 Å². The minimum Gasteiger partial charge on any atom is -0.494 e. The predicted molar refractivity (Wildman–Crippen MR) is 82.3 cm³/mol. The van der Waals surface area contributed by atoms with Crippen molar-refractivity contribution in [2.75, 3.05) is 20.3 Å². The highest BCUT2D eigenvalue weighted by atomic mass is 19.1. The number of hydrogen-bond donors (Lipinski definition) is 1. The van der Waals surface area contributed by atoms with Crippen LogP contribution in [0.25, 0.3) is 0 Å². The first-order valence-electron chi connectivity index (χ1n) is 7.87. The van der Waals surface area contributed by atoms with Gasteiger partial charge in [-0.1, -0.05) is 26.0 Å². The molecule has 0 aromatic heterocycles. The average Bonchev–Trinajstić information content (AvgIpc) is 2.97. The van der Waals surface area contributed by atoms with Crippen LogP contribution >= 0.6 is 0 Å². The van der Waals surface area contributed by atoms with Crippen LogP contribution in [0.4, 0.5) is 4.39 Å². The third kappa shape index (κ3) is 3.74. The average molecular weight is 295 g/mol. The van der Waals surface area contributed by atoms with Gasteiger partial charge < -0.3 is 14.8 Å². The number of benzene rings is 1. The fourth-order valence-electron chi connectivity index (χ4n) is 3.29. The van der Waals surface area contributed by atoms with Crippen molar-refractivity contribution < 1.29 is 13.9 Å². The van der Waals surface area contributed by atoms with E-state index in [1.165, 1.54) is 7.11 Å². The summed E-state index contributed by atoms with van der Waals surface area (Å²) in [5, 5.41) is 3.51. The monoisotopic (exact) mass is 295 g/mol. The lowest BCUT2D eigenvalue weighted by Gasteiger charge is -2.28. The number of halogens is 1. The SMILES string of the molecule is CCNC(Cc1cccc(OC)c1F)C1CCOC1CC. The zero-order chi connectivity index (χ0) is 15.2. The quantitative estimate of drug-likeness (QED) is 0.838. The van der Waals surface area contributed by atoms with Crippen LogP contribution in [0, 0.1) is 11.7 Å². The minimum atomic E-state index is -0.241. The Morgan fingerprint density at radius 1 is 1.43 bits per heavy atom. The third-order valence-corrected chi connectivity index (χ3v) is 4.35. The van der Waals surface area contributed by atoms with Crippen LogP contribution in [0.1, 0.15) is 32.3 Å². The first-order chi connectivity index (χ1) is 10.2. The molecule has 1 aromatic rings. The first-order valence-corrected chi connectivity index (χ1v) is 7.87. The van der Waals surface area contributed by atoms with Gasteiger partial charge in [-0.2, -0.15) is 0 Å². The van der Waals surface area contributed by atoms with Crippen molar-refractivity contribution in [1.29, 1.82) is 0 Å². The fourth-order valence-corrected chi connectivity index (χ4v) is 3.29. The van der Waals surface area contributed by atoms with Crippen molar-refractivity contribution >= 4 is 0 Å². The number of ether oxygens (including phenoxy) is 2. The van der Waals surface area contributed by atoms with Crippen LogP contribution in [-0.2, 0) is 11.2 Å². The molecule has 2 rings (SSSR count). The van der Waals surface area contributed by atoms with Gasteiger partial charge in [0.15, 0.2) is 11.6 Å². The summed E-state index contributed by atoms with van der Waals surface area (Å²) in [6.07, 6.45) is 3.00. The molecule has 0 radical (unpaired) electrons. The van der Waals surface area contributed by atoms with Gasteiger partial charge in [0.2, 0.25) is 0 Å². The second-order valence-electron chi connectivity index (χ2n) is 5.57. The number of nitrogens with one attached hydrogen (secondary N) is 1. The van der Waals surface area contributed by atoms with Gasteiger partial charge in [-0.05, 0) is 37.4 Å². The van der Waals surface area contributed by atoms with E-state index in [2.05, 4.69) is 19.2 Å². The van der Waals surface area contributed by atoms with E-state index in [1.807, 2.05) is 12.1 Å². The summed E-state index contributed by atoms with van der Waals surface area (Å²) in [7, 11) is 1.50. The molecule has 1 fully saturated rings. The number of methoxy groups -OCH3 is 1. The highest BCUT2D eigenvalue weighted by molar-refractivity contribution is 5.31. The summed E-state index contributed by atoms with van der Waals surface area (Å²) in [4.78, 5) is 0. The Hall–Kier alpha value is -1.13. The molecule has 0 spiro atoms. The topological polar surface area (TPSA) is 30.5 Å². The molecule has 0 saturated carbocycles. The third-order valence-electron chi connectivity index (χ3n) is 4.35. The normalized spacial score (nSPS) is 23.2. The minimum absolute atomic E-state index is 0.240. The number of hydrogen-bond acceptors (Lipinski definition) is 3. The van der Waals surface area contributed by atoms with E-state index in [4.69, 9.17) is 9.47 Å². The lowest BCUT2D eigenvalue weighted by atomic mass is 9.87. The molecule has 1 N–H and O–H groups in total. The van der Waals surface area contributed by atoms with Gasteiger partial charge in [-0.3, -0.25) is 0 Å². The van der Waals surface area contributed by atoms with Gasteiger partial charge in [0.1, 0.15) is 0 Å². The summed E-state index contributed by atoms with van der Waals surface area (Å²) in [6.45, 7) is 5.93. The molecule has 0 aliphatic carbocycles. The largest absolute Gasteiger partial charge is 0.494 e. The van der Waals surface area contributed by atoms with Crippen molar-refractivity contribution in [3.8, 4) is 5.75 Å². The molecular formula is C17H26FNO2. The van der Waals surface area contributed by atoms with E-state index in [1.54, 1.807) is 6.07 Å². The fraction of sp³-hybridized carbons (Fsp3) is 0.647. The van der Waals surface area contributed by atoms with Crippen molar-refractivity contribution in [3.05, 3.63) is 29.6 Å². The molecule has 0 amide bonds. The van der Waals surface area contributed by atoms with Crippen molar-refractivity contribution in [2.45, 2.75) is 45.3 Å². The first kappa shape index (κ1) is 16.2. The van der Waals surface area contributed by atoms with E-state index >= 15 is 0 Å². The van der Waals surface area contributed by atoms with Crippen LogP contribution in [-0.4, -0.2) is 32.4 Å². The maximum Gasteiger partial charge on any atom is 0.168 e. The molecule has 1 aromatic carbocycles. The van der Waals surface area contributed by atoms with Crippen molar-refractivity contribution in [1.82, 2.24) is 5.32 Å². The Balaban J connectivity index is 2.16. The Bertz CT molecular complexity index is 452. The second kappa shape index (κ2) is 7.76. The maximum atomic E-state index is 14.4. The lowest BCUT2D eigenvalue weighted by Crippen LogP contribution is -2.41. The van der Waals surface area contributed by atoms with E-state index in [-0.39, 0.29) is 18.0 Å². The summed E-state index contributed by atoms with van der Waals surface area (Å²) in [6, 6.07) is 5.60. The standard InChI is InChI=1S/C17H26FNO2/c1-4-15-13(9-10-21-15)14(19-5-2)11-12-7-6-8-16(20-3)17(12)18/h6-8,13-15,19H,4-5,9-11H2,1-3H3. The van der Waals surface area contributed by atoms with Crippen molar-refractivity contribution in [3.63, 3.8) is 0 Å². The van der Waals surface area contributed by atoms with Gasteiger partial charge in [0.05, 0.1) is 13.2 Å². The van der Waals surface area contributed by atoms with Crippen LogP contribution in [0.2, 0.25) is 0 Å². The Kier molecular flexibility index (Phi) is 6.00. The molecule has 1 aliphatic heterocycles.